The second-order valence-electron chi connectivity index (χ2n) is 6.43. The van der Waals surface area contributed by atoms with E-state index in [2.05, 4.69) is 42.6 Å². The van der Waals surface area contributed by atoms with Crippen LogP contribution in [0.4, 0.5) is 5.69 Å². The quantitative estimate of drug-likeness (QED) is 0.628. The van der Waals surface area contributed by atoms with Crippen LogP contribution in [0.1, 0.15) is 16.8 Å². The number of hydrogen-bond acceptors (Lipinski definition) is 4. The Bertz CT molecular complexity index is 918. The number of aryl methyl sites for hydroxylation is 1. The largest absolute Gasteiger partial charge is 0.311 e. The van der Waals surface area contributed by atoms with Gasteiger partial charge in [-0.2, -0.15) is 0 Å². The monoisotopic (exact) mass is 380 g/mol. The topological polar surface area (TPSA) is 33.2 Å². The van der Waals surface area contributed by atoms with Crippen molar-refractivity contribution in [2.75, 3.05) is 17.2 Å². The van der Waals surface area contributed by atoms with Gasteiger partial charge in [-0.05, 0) is 25.0 Å². The maximum atomic E-state index is 12.5. The fourth-order valence-electron chi connectivity index (χ4n) is 3.12. The summed E-state index contributed by atoms with van der Waals surface area (Å²) in [7, 11) is 0. The number of anilines is 1. The fraction of sp³-hybridized carbons (Fsp3) is 0.238. The first-order valence-electron chi connectivity index (χ1n) is 8.68. The lowest BCUT2D eigenvalue weighted by Gasteiger charge is -2.16. The van der Waals surface area contributed by atoms with E-state index in [1.54, 1.807) is 23.1 Å². The molecule has 0 saturated heterocycles. The fourth-order valence-corrected chi connectivity index (χ4v) is 4.84. The molecule has 0 unspecified atom stereocenters. The summed E-state index contributed by atoms with van der Waals surface area (Å²) in [4.78, 5) is 19.2. The van der Waals surface area contributed by atoms with Gasteiger partial charge in [-0.25, -0.2) is 4.98 Å². The van der Waals surface area contributed by atoms with Crippen molar-refractivity contribution in [1.29, 1.82) is 0 Å². The number of thiazole rings is 1. The lowest BCUT2D eigenvalue weighted by molar-refractivity contribution is -0.116. The maximum Gasteiger partial charge on any atom is 0.237 e. The summed E-state index contributed by atoms with van der Waals surface area (Å²) in [5.41, 5.74) is 5.80. The van der Waals surface area contributed by atoms with Gasteiger partial charge >= 0.3 is 0 Å². The van der Waals surface area contributed by atoms with E-state index in [9.17, 15) is 4.79 Å². The van der Waals surface area contributed by atoms with Crippen LogP contribution in [0.2, 0.25) is 0 Å². The van der Waals surface area contributed by atoms with Gasteiger partial charge in [0.25, 0.3) is 0 Å². The molecular weight excluding hydrogens is 360 g/mol. The number of hydrogen-bond donors (Lipinski definition) is 0. The number of nitrogens with zero attached hydrogens (tertiary/aromatic N) is 2. The van der Waals surface area contributed by atoms with Gasteiger partial charge in [-0.15, -0.1) is 23.1 Å². The summed E-state index contributed by atoms with van der Waals surface area (Å²) < 4.78 is 0. The van der Waals surface area contributed by atoms with Crippen molar-refractivity contribution in [1.82, 2.24) is 4.98 Å². The van der Waals surface area contributed by atoms with Crippen LogP contribution in [0.25, 0.3) is 10.6 Å². The lowest BCUT2D eigenvalue weighted by Crippen LogP contribution is -2.30. The van der Waals surface area contributed by atoms with Crippen LogP contribution in [0.3, 0.4) is 0 Å². The highest BCUT2D eigenvalue weighted by atomic mass is 32.2. The summed E-state index contributed by atoms with van der Waals surface area (Å²) in [5, 5.41) is 3.14. The summed E-state index contributed by atoms with van der Waals surface area (Å²) in [6.07, 6.45) is 0.957. The van der Waals surface area contributed by atoms with Crippen molar-refractivity contribution in [2.45, 2.75) is 19.1 Å². The van der Waals surface area contributed by atoms with Gasteiger partial charge in [-0.1, -0.05) is 48.0 Å². The van der Waals surface area contributed by atoms with Crippen molar-refractivity contribution < 1.29 is 4.79 Å². The third-order valence-corrected chi connectivity index (χ3v) is 6.41. The Morgan fingerprint density at radius 1 is 1.19 bits per heavy atom. The van der Waals surface area contributed by atoms with Crippen LogP contribution in [0, 0.1) is 6.92 Å². The molecule has 0 spiro atoms. The second kappa shape index (κ2) is 7.64. The minimum atomic E-state index is 0.189. The number of fused-ring (bicyclic) bond motifs is 1. The molecule has 0 atom stereocenters. The van der Waals surface area contributed by atoms with Crippen LogP contribution >= 0.6 is 23.1 Å². The zero-order valence-electron chi connectivity index (χ0n) is 14.6. The molecular formula is C21H20N2OS2. The number of carbonyl (C=O) groups is 1. The number of amides is 1. The van der Waals surface area contributed by atoms with Crippen LogP contribution < -0.4 is 4.90 Å². The maximum absolute atomic E-state index is 12.5. The zero-order valence-corrected chi connectivity index (χ0v) is 16.3. The van der Waals surface area contributed by atoms with E-state index in [-0.39, 0.29) is 5.91 Å². The average Bonchev–Trinajstić information content (AvgIpc) is 3.29. The highest BCUT2D eigenvalue weighted by Crippen LogP contribution is 2.29. The molecule has 0 radical (unpaired) electrons. The molecule has 1 aromatic heterocycles. The molecule has 132 valence electrons. The molecule has 4 rings (SSSR count). The smallest absolute Gasteiger partial charge is 0.237 e. The minimum Gasteiger partial charge on any atom is -0.311 e. The predicted octanol–water partition coefficient (Wildman–Crippen LogP) is 4.94. The number of rotatable bonds is 5. The van der Waals surface area contributed by atoms with Crippen molar-refractivity contribution in [3.8, 4) is 10.6 Å². The Morgan fingerprint density at radius 2 is 2.00 bits per heavy atom. The molecule has 0 saturated carbocycles. The zero-order chi connectivity index (χ0) is 17.9. The standard InChI is InChI=1S/C21H20N2OS2/c1-15-6-8-17(9-7-15)21-22-18(13-26-21)12-25-14-20(24)23-11-10-16-4-2-3-5-19(16)23/h2-9,13H,10-12,14H2,1H3. The average molecular weight is 381 g/mol. The highest BCUT2D eigenvalue weighted by Gasteiger charge is 2.23. The van der Waals surface area contributed by atoms with E-state index >= 15 is 0 Å². The van der Waals surface area contributed by atoms with E-state index in [1.165, 1.54) is 11.1 Å². The molecule has 1 amide bonds. The second-order valence-corrected chi connectivity index (χ2v) is 8.27. The van der Waals surface area contributed by atoms with Crippen molar-refractivity contribution >= 4 is 34.7 Å². The number of benzene rings is 2. The molecule has 0 fully saturated rings. The Hall–Kier alpha value is -2.11. The number of carbonyl (C=O) groups excluding carboxylic acids is 1. The van der Waals surface area contributed by atoms with E-state index in [0.29, 0.717) is 5.75 Å². The summed E-state index contributed by atoms with van der Waals surface area (Å²) in [6.45, 7) is 2.89. The number of para-hydroxylation sites is 1. The van der Waals surface area contributed by atoms with Gasteiger partial charge in [0, 0.05) is 28.9 Å². The number of aromatic nitrogens is 1. The van der Waals surface area contributed by atoms with Gasteiger partial charge in [0.2, 0.25) is 5.91 Å². The molecule has 3 aromatic rings. The van der Waals surface area contributed by atoms with E-state index in [0.717, 1.165) is 40.7 Å². The molecule has 1 aliphatic rings. The van der Waals surface area contributed by atoms with Gasteiger partial charge in [0.05, 0.1) is 11.4 Å². The predicted molar refractivity (Wildman–Crippen MR) is 111 cm³/mol. The first kappa shape index (κ1) is 17.3. The van der Waals surface area contributed by atoms with E-state index in [4.69, 9.17) is 4.98 Å². The summed E-state index contributed by atoms with van der Waals surface area (Å²) in [5.74, 6) is 1.45. The molecule has 26 heavy (non-hydrogen) atoms. The molecule has 0 N–H and O–H groups in total. The van der Waals surface area contributed by atoms with E-state index < -0.39 is 0 Å². The number of thioether (sulfide) groups is 1. The summed E-state index contributed by atoms with van der Waals surface area (Å²) in [6, 6.07) is 16.6. The first-order valence-corrected chi connectivity index (χ1v) is 10.7. The molecule has 0 bridgehead atoms. The van der Waals surface area contributed by atoms with Crippen LogP contribution in [-0.2, 0) is 17.0 Å². The molecule has 0 aliphatic carbocycles. The Morgan fingerprint density at radius 3 is 2.85 bits per heavy atom. The third kappa shape index (κ3) is 3.69. The lowest BCUT2D eigenvalue weighted by atomic mass is 10.2. The molecule has 1 aliphatic heterocycles. The van der Waals surface area contributed by atoms with Crippen molar-refractivity contribution in [3.05, 3.63) is 70.7 Å². The SMILES string of the molecule is Cc1ccc(-c2nc(CSCC(=O)N3CCc4ccccc43)cs2)cc1. The van der Waals surface area contributed by atoms with Crippen LogP contribution in [-0.4, -0.2) is 23.2 Å². The van der Waals surface area contributed by atoms with Gasteiger partial charge < -0.3 is 4.90 Å². The highest BCUT2D eigenvalue weighted by molar-refractivity contribution is 7.99. The Balaban J connectivity index is 1.33. The van der Waals surface area contributed by atoms with E-state index in [1.807, 2.05) is 23.1 Å². The Labute approximate surface area is 162 Å². The van der Waals surface area contributed by atoms with Crippen LogP contribution in [0.5, 0.6) is 0 Å². The van der Waals surface area contributed by atoms with Gasteiger partial charge in [-0.3, -0.25) is 4.79 Å². The Kier molecular flexibility index (Phi) is 5.09. The van der Waals surface area contributed by atoms with Crippen LogP contribution in [0.15, 0.2) is 53.9 Å². The normalized spacial score (nSPS) is 13.0. The third-order valence-electron chi connectivity index (χ3n) is 4.51. The minimum absolute atomic E-state index is 0.189. The molecule has 3 nitrogen and oxygen atoms in total. The molecule has 2 heterocycles. The van der Waals surface area contributed by atoms with Gasteiger partial charge in [0.15, 0.2) is 0 Å². The summed E-state index contributed by atoms with van der Waals surface area (Å²) >= 11 is 3.30. The van der Waals surface area contributed by atoms with Gasteiger partial charge in [0.1, 0.15) is 5.01 Å². The van der Waals surface area contributed by atoms with Crippen molar-refractivity contribution in [2.24, 2.45) is 0 Å². The molecule has 5 heteroatoms. The first-order chi connectivity index (χ1) is 12.7. The molecule has 2 aromatic carbocycles. The van der Waals surface area contributed by atoms with Crippen molar-refractivity contribution in [3.63, 3.8) is 0 Å².